The summed E-state index contributed by atoms with van der Waals surface area (Å²) >= 11 is 0. The Morgan fingerprint density at radius 2 is 1.54 bits per heavy atom. The van der Waals surface area contributed by atoms with Gasteiger partial charge in [0.2, 0.25) is 0 Å². The molecule has 0 saturated carbocycles. The maximum atomic E-state index is 13.4. The van der Waals surface area contributed by atoms with E-state index in [1.165, 1.54) is 39.9 Å². The van der Waals surface area contributed by atoms with Crippen LogP contribution >= 0.6 is 0 Å². The van der Waals surface area contributed by atoms with E-state index in [0.717, 1.165) is 17.8 Å². The van der Waals surface area contributed by atoms with Crippen molar-refractivity contribution in [2.45, 2.75) is 26.9 Å². The number of pyridine rings is 1. The number of halogens is 1. The average Bonchev–Trinajstić information content (AvgIpc) is 2.94. The molecular formula is C24H24FN3. The first kappa shape index (κ1) is 18.2. The first-order chi connectivity index (χ1) is 13.5. The molecule has 0 aliphatic carbocycles. The summed E-state index contributed by atoms with van der Waals surface area (Å²) < 4.78 is 15.6. The van der Waals surface area contributed by atoms with Crippen LogP contribution in [0.4, 0.5) is 10.1 Å². The second-order valence-corrected chi connectivity index (χ2v) is 7.29. The molecule has 0 saturated heterocycles. The van der Waals surface area contributed by atoms with Crippen molar-refractivity contribution in [2.24, 2.45) is 7.05 Å². The van der Waals surface area contributed by atoms with Gasteiger partial charge in [-0.2, -0.15) is 0 Å². The van der Waals surface area contributed by atoms with E-state index in [4.69, 9.17) is 0 Å². The van der Waals surface area contributed by atoms with Gasteiger partial charge in [0, 0.05) is 37.4 Å². The lowest BCUT2D eigenvalue weighted by atomic mass is 10.1. The van der Waals surface area contributed by atoms with E-state index in [9.17, 15) is 4.39 Å². The summed E-state index contributed by atoms with van der Waals surface area (Å²) in [6.07, 6.45) is 3.88. The summed E-state index contributed by atoms with van der Waals surface area (Å²) in [7, 11) is 2.10. The van der Waals surface area contributed by atoms with Crippen LogP contribution in [-0.4, -0.2) is 9.55 Å². The Morgan fingerprint density at radius 1 is 0.893 bits per heavy atom. The van der Waals surface area contributed by atoms with Crippen LogP contribution in [-0.2, 0) is 20.1 Å². The fourth-order valence-electron chi connectivity index (χ4n) is 3.76. The zero-order valence-electron chi connectivity index (χ0n) is 16.5. The first-order valence-electron chi connectivity index (χ1n) is 9.47. The highest BCUT2D eigenvalue weighted by Crippen LogP contribution is 2.33. The second-order valence-electron chi connectivity index (χ2n) is 7.29. The van der Waals surface area contributed by atoms with E-state index in [1.54, 1.807) is 0 Å². The lowest BCUT2D eigenvalue weighted by molar-refractivity contribution is 0.626. The van der Waals surface area contributed by atoms with Crippen LogP contribution in [0.5, 0.6) is 0 Å². The van der Waals surface area contributed by atoms with Gasteiger partial charge in [0.15, 0.2) is 0 Å². The Hall–Kier alpha value is -3.14. The maximum absolute atomic E-state index is 13.4. The highest BCUT2D eigenvalue weighted by Gasteiger charge is 2.18. The van der Waals surface area contributed by atoms with Gasteiger partial charge in [-0.25, -0.2) is 4.39 Å². The van der Waals surface area contributed by atoms with Crippen LogP contribution in [0.2, 0.25) is 0 Å². The molecule has 0 aliphatic heterocycles. The zero-order chi connectivity index (χ0) is 19.7. The van der Waals surface area contributed by atoms with Crippen LogP contribution in [0.15, 0.2) is 67.0 Å². The Balaban J connectivity index is 1.82. The Bertz CT molecular complexity index is 1100. The Labute approximate surface area is 165 Å². The molecule has 4 rings (SSSR count). The monoisotopic (exact) mass is 373 g/mol. The Morgan fingerprint density at radius 3 is 2.21 bits per heavy atom. The van der Waals surface area contributed by atoms with Crippen molar-refractivity contribution in [1.82, 2.24) is 9.55 Å². The summed E-state index contributed by atoms with van der Waals surface area (Å²) in [5.41, 5.74) is 7.06. The predicted molar refractivity (Wildman–Crippen MR) is 113 cm³/mol. The molecule has 0 aliphatic rings. The summed E-state index contributed by atoms with van der Waals surface area (Å²) in [6, 6.07) is 17.1. The molecule has 4 aromatic rings. The van der Waals surface area contributed by atoms with Gasteiger partial charge >= 0.3 is 0 Å². The molecule has 2 aromatic carbocycles. The fraction of sp³-hybridized carbons (Fsp3) is 0.208. The van der Waals surface area contributed by atoms with Crippen molar-refractivity contribution >= 4 is 16.6 Å². The summed E-state index contributed by atoms with van der Waals surface area (Å²) in [5, 5.41) is 1.18. The third-order valence-corrected chi connectivity index (χ3v) is 5.53. The normalized spacial score (nSPS) is 11.1. The number of rotatable bonds is 5. The third kappa shape index (κ3) is 3.38. The maximum Gasteiger partial charge on any atom is 0.123 e. The molecular weight excluding hydrogens is 349 g/mol. The molecule has 0 bridgehead atoms. The quantitative estimate of drug-likeness (QED) is 0.458. The minimum atomic E-state index is -0.212. The van der Waals surface area contributed by atoms with Crippen molar-refractivity contribution in [3.8, 4) is 0 Å². The highest BCUT2D eigenvalue weighted by atomic mass is 19.1. The van der Waals surface area contributed by atoms with E-state index in [1.807, 2.05) is 30.6 Å². The number of aromatic nitrogens is 2. The standard InChI is InChI=1S/C24H24FN3/c1-17-18(2)27(3)24-22(17)13-26-14-23(24)28(15-19-7-5-4-6-8-19)16-20-9-11-21(25)12-10-20/h4-14H,15-16H2,1-3H3. The van der Waals surface area contributed by atoms with Crippen molar-refractivity contribution in [1.29, 1.82) is 0 Å². The van der Waals surface area contributed by atoms with Crippen LogP contribution in [0, 0.1) is 19.7 Å². The summed E-state index contributed by atoms with van der Waals surface area (Å²) in [6.45, 7) is 5.72. The molecule has 3 nitrogen and oxygen atoms in total. The van der Waals surface area contributed by atoms with Crippen LogP contribution < -0.4 is 4.90 Å². The molecule has 0 spiro atoms. The molecule has 0 atom stereocenters. The minimum absolute atomic E-state index is 0.212. The summed E-state index contributed by atoms with van der Waals surface area (Å²) in [4.78, 5) is 6.85. The topological polar surface area (TPSA) is 21.1 Å². The molecule has 0 unspecified atom stereocenters. The van der Waals surface area contributed by atoms with Crippen molar-refractivity contribution < 1.29 is 4.39 Å². The van der Waals surface area contributed by atoms with Crippen molar-refractivity contribution in [2.75, 3.05) is 4.90 Å². The van der Waals surface area contributed by atoms with Crippen LogP contribution in [0.25, 0.3) is 10.9 Å². The van der Waals surface area contributed by atoms with Gasteiger partial charge in [-0.1, -0.05) is 42.5 Å². The SMILES string of the molecule is Cc1c(C)n(C)c2c(N(Cc3ccccc3)Cc3ccc(F)cc3)cncc12. The smallest absolute Gasteiger partial charge is 0.123 e. The largest absolute Gasteiger partial charge is 0.360 e. The molecule has 0 fully saturated rings. The molecule has 142 valence electrons. The van der Waals surface area contributed by atoms with Gasteiger partial charge in [-0.15, -0.1) is 0 Å². The van der Waals surface area contributed by atoms with E-state index >= 15 is 0 Å². The summed E-state index contributed by atoms with van der Waals surface area (Å²) in [5.74, 6) is -0.212. The Kier molecular flexibility index (Phi) is 4.86. The number of hydrogen-bond donors (Lipinski definition) is 0. The lowest BCUT2D eigenvalue weighted by Crippen LogP contribution is -2.23. The van der Waals surface area contributed by atoms with E-state index in [-0.39, 0.29) is 5.82 Å². The number of aryl methyl sites for hydroxylation is 2. The van der Waals surface area contributed by atoms with Gasteiger partial charge in [0.05, 0.1) is 17.4 Å². The zero-order valence-corrected chi connectivity index (χ0v) is 16.5. The number of benzene rings is 2. The van der Waals surface area contributed by atoms with Crippen molar-refractivity contribution in [3.05, 3.63) is 95.2 Å². The third-order valence-electron chi connectivity index (χ3n) is 5.53. The molecule has 2 heterocycles. The van der Waals surface area contributed by atoms with E-state index in [2.05, 4.69) is 59.6 Å². The van der Waals surface area contributed by atoms with Gasteiger partial charge in [-0.05, 0) is 42.7 Å². The van der Waals surface area contributed by atoms with Crippen LogP contribution in [0.1, 0.15) is 22.4 Å². The average molecular weight is 373 g/mol. The first-order valence-corrected chi connectivity index (χ1v) is 9.47. The minimum Gasteiger partial charge on any atom is -0.360 e. The predicted octanol–water partition coefficient (Wildman–Crippen LogP) is 5.54. The molecule has 2 aromatic heterocycles. The molecule has 0 N–H and O–H groups in total. The number of fused-ring (bicyclic) bond motifs is 1. The second kappa shape index (κ2) is 7.47. The molecule has 0 amide bonds. The van der Waals surface area contributed by atoms with E-state index in [0.29, 0.717) is 6.54 Å². The number of nitrogens with zero attached hydrogens (tertiary/aromatic N) is 3. The van der Waals surface area contributed by atoms with Gasteiger partial charge < -0.3 is 9.47 Å². The van der Waals surface area contributed by atoms with Gasteiger partial charge in [0.25, 0.3) is 0 Å². The number of hydrogen-bond acceptors (Lipinski definition) is 2. The van der Waals surface area contributed by atoms with Crippen molar-refractivity contribution in [3.63, 3.8) is 0 Å². The van der Waals surface area contributed by atoms with Gasteiger partial charge in [0.1, 0.15) is 5.82 Å². The number of anilines is 1. The van der Waals surface area contributed by atoms with Gasteiger partial charge in [-0.3, -0.25) is 4.98 Å². The molecule has 28 heavy (non-hydrogen) atoms. The highest BCUT2D eigenvalue weighted by molar-refractivity contribution is 5.94. The van der Waals surface area contributed by atoms with E-state index < -0.39 is 0 Å². The lowest BCUT2D eigenvalue weighted by Gasteiger charge is -2.26. The van der Waals surface area contributed by atoms with Crippen LogP contribution in [0.3, 0.4) is 0 Å². The molecule has 4 heteroatoms. The molecule has 0 radical (unpaired) electrons. The fourth-order valence-corrected chi connectivity index (χ4v) is 3.76.